The number of anilines is 1. The van der Waals surface area contributed by atoms with Crippen molar-refractivity contribution in [3.63, 3.8) is 0 Å². The van der Waals surface area contributed by atoms with Gasteiger partial charge in [0.2, 0.25) is 5.88 Å². The van der Waals surface area contributed by atoms with Crippen LogP contribution in [0.1, 0.15) is 5.56 Å². The number of fused-ring (bicyclic) bond motifs is 3. The Kier molecular flexibility index (Phi) is 4.96. The number of ether oxygens (including phenoxy) is 3. The summed E-state index contributed by atoms with van der Waals surface area (Å²) in [4.78, 5) is 18.0. The lowest BCUT2D eigenvalue weighted by molar-refractivity contribution is -0.212. The molecule has 33 heavy (non-hydrogen) atoms. The highest BCUT2D eigenvalue weighted by Gasteiger charge is 2.35. The summed E-state index contributed by atoms with van der Waals surface area (Å²) in [5, 5.41) is 3.03. The summed E-state index contributed by atoms with van der Waals surface area (Å²) >= 11 is 0. The summed E-state index contributed by atoms with van der Waals surface area (Å²) in [5.74, 6) is -3.16. The van der Waals surface area contributed by atoms with Crippen molar-refractivity contribution in [2.75, 3.05) is 18.2 Å². The molecule has 0 N–H and O–H groups in total. The third kappa shape index (κ3) is 3.97. The molecule has 0 amide bonds. The van der Waals surface area contributed by atoms with E-state index in [0.29, 0.717) is 38.1 Å². The van der Waals surface area contributed by atoms with E-state index < -0.39 is 35.1 Å². The quantitative estimate of drug-likeness (QED) is 0.530. The van der Waals surface area contributed by atoms with E-state index in [1.54, 1.807) is 6.07 Å². The van der Waals surface area contributed by atoms with E-state index in [-0.39, 0.29) is 28.8 Å². The zero-order valence-electron chi connectivity index (χ0n) is 16.6. The molecule has 1 aromatic carbocycles. The SMILES string of the molecule is O=c1nc(OCc2cc(F)c(Oc3cnn(C(F)(F)F)c3)c(F)c2)cc2n1C[C@H]1COCN21. The average Bonchev–Trinajstić information content (AvgIpc) is 3.45. The topological polar surface area (TPSA) is 83.6 Å². The molecule has 1 atom stereocenters. The van der Waals surface area contributed by atoms with Gasteiger partial charge in [0, 0.05) is 6.07 Å². The number of halogens is 5. The van der Waals surface area contributed by atoms with Crippen LogP contribution >= 0.6 is 0 Å². The number of alkyl halides is 3. The summed E-state index contributed by atoms with van der Waals surface area (Å²) in [6.45, 7) is 0.936. The van der Waals surface area contributed by atoms with Crippen LogP contribution in [-0.2, 0) is 24.2 Å². The molecule has 9 nitrogen and oxygen atoms in total. The first kappa shape index (κ1) is 21.2. The Morgan fingerprint density at radius 3 is 2.64 bits per heavy atom. The molecule has 1 saturated heterocycles. The van der Waals surface area contributed by atoms with Gasteiger partial charge >= 0.3 is 12.0 Å². The van der Waals surface area contributed by atoms with Crippen LogP contribution in [0.3, 0.4) is 0 Å². The van der Waals surface area contributed by atoms with Gasteiger partial charge in [0.15, 0.2) is 23.1 Å². The van der Waals surface area contributed by atoms with E-state index >= 15 is 0 Å². The van der Waals surface area contributed by atoms with Gasteiger partial charge in [-0.15, -0.1) is 13.2 Å². The number of rotatable bonds is 5. The van der Waals surface area contributed by atoms with E-state index in [9.17, 15) is 26.7 Å². The average molecular weight is 471 g/mol. The normalized spacial score (nSPS) is 17.2. The molecule has 2 aromatic heterocycles. The molecule has 0 radical (unpaired) electrons. The minimum absolute atomic E-state index is 0.0282. The Labute approximate surface area is 181 Å². The zero-order valence-corrected chi connectivity index (χ0v) is 16.6. The fraction of sp³-hybridized carbons (Fsp3) is 0.316. The molecular formula is C19H14F5N5O4. The highest BCUT2D eigenvalue weighted by Crippen LogP contribution is 2.32. The van der Waals surface area contributed by atoms with E-state index in [0.717, 1.165) is 12.1 Å². The van der Waals surface area contributed by atoms with Gasteiger partial charge in [-0.1, -0.05) is 0 Å². The highest BCUT2D eigenvalue weighted by atomic mass is 19.4. The van der Waals surface area contributed by atoms with Gasteiger partial charge in [-0.2, -0.15) is 14.8 Å². The van der Waals surface area contributed by atoms with Crippen molar-refractivity contribution < 1.29 is 36.2 Å². The second-order valence-corrected chi connectivity index (χ2v) is 7.34. The molecule has 4 heterocycles. The lowest BCUT2D eigenvalue weighted by Gasteiger charge is -2.15. The monoisotopic (exact) mass is 471 g/mol. The van der Waals surface area contributed by atoms with Crippen LogP contribution < -0.4 is 20.1 Å². The molecule has 2 aliphatic rings. The molecule has 0 unspecified atom stereocenters. The summed E-state index contributed by atoms with van der Waals surface area (Å²) in [6, 6.07) is 3.38. The predicted octanol–water partition coefficient (Wildman–Crippen LogP) is 2.74. The maximum Gasteiger partial charge on any atom is 0.504 e. The number of nitrogens with zero attached hydrogens (tertiary/aromatic N) is 5. The minimum Gasteiger partial charge on any atom is -0.473 e. The number of hydrogen-bond acceptors (Lipinski definition) is 7. The summed E-state index contributed by atoms with van der Waals surface area (Å²) in [7, 11) is 0. The Balaban J connectivity index is 1.31. The van der Waals surface area contributed by atoms with E-state index in [4.69, 9.17) is 14.2 Å². The third-order valence-corrected chi connectivity index (χ3v) is 5.12. The molecule has 0 spiro atoms. The van der Waals surface area contributed by atoms with Gasteiger partial charge in [0.1, 0.15) is 19.2 Å². The first-order chi connectivity index (χ1) is 15.7. The van der Waals surface area contributed by atoms with Crippen molar-refractivity contribution in [1.82, 2.24) is 19.3 Å². The lowest BCUT2D eigenvalue weighted by atomic mass is 10.2. The van der Waals surface area contributed by atoms with Gasteiger partial charge in [0.05, 0.1) is 31.6 Å². The molecule has 2 aliphatic heterocycles. The predicted molar refractivity (Wildman–Crippen MR) is 99.9 cm³/mol. The van der Waals surface area contributed by atoms with Crippen LogP contribution in [0.15, 0.2) is 35.4 Å². The lowest BCUT2D eigenvalue weighted by Crippen LogP contribution is -2.26. The fourth-order valence-electron chi connectivity index (χ4n) is 3.62. The molecule has 14 heteroatoms. The van der Waals surface area contributed by atoms with Crippen LogP contribution in [0.5, 0.6) is 17.4 Å². The third-order valence-electron chi connectivity index (χ3n) is 5.12. The molecular weight excluding hydrogens is 457 g/mol. The highest BCUT2D eigenvalue weighted by molar-refractivity contribution is 5.47. The maximum absolute atomic E-state index is 14.4. The standard InChI is InChI=1S/C19H14F5N5O4/c20-13-1-10(2-14(21)17(13)33-12-4-25-29(6-12)19(22,23)24)7-32-15-3-16-27(18(30)26-15)5-11-8-31-9-28(11)16/h1-4,6,11H,5,7-9H2/t11-/m0/s1. The van der Waals surface area contributed by atoms with Crippen molar-refractivity contribution >= 4 is 5.82 Å². The molecule has 3 aromatic rings. The van der Waals surface area contributed by atoms with Crippen molar-refractivity contribution in [3.05, 3.63) is 58.3 Å². The maximum atomic E-state index is 14.4. The molecule has 0 bridgehead atoms. The Morgan fingerprint density at radius 2 is 1.94 bits per heavy atom. The molecule has 0 aliphatic carbocycles. The Hall–Kier alpha value is -3.68. The van der Waals surface area contributed by atoms with Crippen LogP contribution in [0.2, 0.25) is 0 Å². The second kappa shape index (κ2) is 7.72. The molecule has 1 fully saturated rings. The van der Waals surface area contributed by atoms with Crippen LogP contribution in [-0.4, -0.2) is 38.7 Å². The van der Waals surface area contributed by atoms with E-state index in [2.05, 4.69) is 10.1 Å². The number of benzene rings is 1. The summed E-state index contributed by atoms with van der Waals surface area (Å²) < 4.78 is 83.4. The van der Waals surface area contributed by atoms with Gasteiger partial charge in [-0.05, 0) is 17.7 Å². The van der Waals surface area contributed by atoms with Crippen LogP contribution in [0, 0.1) is 11.6 Å². The summed E-state index contributed by atoms with van der Waals surface area (Å²) in [6.07, 6.45) is -3.67. The van der Waals surface area contributed by atoms with E-state index in [1.807, 2.05) is 4.90 Å². The Bertz CT molecular complexity index is 1250. The van der Waals surface area contributed by atoms with Crippen LogP contribution in [0.4, 0.5) is 27.8 Å². The molecule has 174 valence electrons. The van der Waals surface area contributed by atoms with Crippen molar-refractivity contribution in [3.8, 4) is 17.4 Å². The van der Waals surface area contributed by atoms with Crippen molar-refractivity contribution in [2.45, 2.75) is 25.5 Å². The fourth-order valence-corrected chi connectivity index (χ4v) is 3.62. The van der Waals surface area contributed by atoms with Crippen LogP contribution in [0.25, 0.3) is 0 Å². The van der Waals surface area contributed by atoms with Crippen molar-refractivity contribution in [1.29, 1.82) is 0 Å². The van der Waals surface area contributed by atoms with Crippen molar-refractivity contribution in [2.24, 2.45) is 0 Å². The number of hydrogen-bond donors (Lipinski definition) is 0. The van der Waals surface area contributed by atoms with Gasteiger partial charge in [0.25, 0.3) is 0 Å². The zero-order chi connectivity index (χ0) is 23.3. The van der Waals surface area contributed by atoms with Gasteiger partial charge in [-0.3, -0.25) is 4.57 Å². The van der Waals surface area contributed by atoms with Gasteiger partial charge in [-0.25, -0.2) is 13.6 Å². The largest absolute Gasteiger partial charge is 0.504 e. The van der Waals surface area contributed by atoms with Gasteiger partial charge < -0.3 is 19.1 Å². The first-order valence-corrected chi connectivity index (χ1v) is 9.56. The molecule has 0 saturated carbocycles. The Morgan fingerprint density at radius 1 is 1.18 bits per heavy atom. The smallest absolute Gasteiger partial charge is 0.473 e. The first-order valence-electron chi connectivity index (χ1n) is 9.56. The second-order valence-electron chi connectivity index (χ2n) is 7.34. The molecule has 5 rings (SSSR count). The van der Waals surface area contributed by atoms with E-state index in [1.165, 1.54) is 4.57 Å². The minimum atomic E-state index is -4.79. The number of aromatic nitrogens is 4. The summed E-state index contributed by atoms with van der Waals surface area (Å²) in [5.41, 5.74) is -0.467.